The number of rotatable bonds is 2. The zero-order valence-electron chi connectivity index (χ0n) is 14.0. The van der Waals surface area contributed by atoms with E-state index in [0.717, 1.165) is 11.8 Å². The Hall–Kier alpha value is -3.28. The number of allylic oxidation sites excluding steroid dienone is 4. The maximum absolute atomic E-state index is 13.0. The van der Waals surface area contributed by atoms with Crippen molar-refractivity contribution < 1.29 is 14.4 Å². The molecule has 0 saturated carbocycles. The van der Waals surface area contributed by atoms with E-state index in [2.05, 4.69) is 5.32 Å². The second-order valence-electron chi connectivity index (χ2n) is 6.56. The molecule has 26 heavy (non-hydrogen) atoms. The fourth-order valence-electron chi connectivity index (χ4n) is 3.91. The van der Waals surface area contributed by atoms with Gasteiger partial charge in [0.1, 0.15) is 0 Å². The van der Waals surface area contributed by atoms with E-state index in [1.807, 2.05) is 30.3 Å². The summed E-state index contributed by atoms with van der Waals surface area (Å²) in [6.07, 6.45) is 2.58. The fraction of sp³-hybridized carbons (Fsp3) is 0.200. The van der Waals surface area contributed by atoms with Crippen LogP contribution in [-0.2, 0) is 14.4 Å². The average molecular weight is 347 g/mol. The molecule has 1 aromatic rings. The normalized spacial score (nSPS) is 22.9. The summed E-state index contributed by atoms with van der Waals surface area (Å²) in [5.74, 6) is -1.60. The van der Waals surface area contributed by atoms with E-state index >= 15 is 0 Å². The number of benzene rings is 1. The molecule has 4 rings (SSSR count). The van der Waals surface area contributed by atoms with Gasteiger partial charge in [-0.3, -0.25) is 14.4 Å². The van der Waals surface area contributed by atoms with Crippen molar-refractivity contribution in [3.63, 3.8) is 0 Å². The highest BCUT2D eigenvalue weighted by atomic mass is 16.1. The fourth-order valence-corrected chi connectivity index (χ4v) is 3.91. The Bertz CT molecular complexity index is 967. The summed E-state index contributed by atoms with van der Waals surface area (Å²) in [5.41, 5.74) is 7.89. The Morgan fingerprint density at radius 3 is 2.46 bits per heavy atom. The van der Waals surface area contributed by atoms with Crippen molar-refractivity contribution in [3.8, 4) is 0 Å². The molecule has 4 N–H and O–H groups in total. The first-order valence-electron chi connectivity index (χ1n) is 8.46. The molecule has 3 aliphatic rings. The SMILES string of the molecule is N=CC1=C(N)C(=O)C2=C(NC3=C(C(=O)CCC3)C2c2ccccc2)C1=O. The largest absolute Gasteiger partial charge is 0.395 e. The van der Waals surface area contributed by atoms with Crippen LogP contribution in [0, 0.1) is 5.41 Å². The third kappa shape index (κ3) is 2.19. The Kier molecular flexibility index (Phi) is 3.68. The summed E-state index contributed by atoms with van der Waals surface area (Å²) in [4.78, 5) is 38.5. The van der Waals surface area contributed by atoms with Crippen molar-refractivity contribution in [1.29, 1.82) is 5.41 Å². The molecule has 0 spiro atoms. The number of dihydropyridines is 1. The molecule has 0 radical (unpaired) electrons. The number of hydrogen-bond acceptors (Lipinski definition) is 6. The van der Waals surface area contributed by atoms with Crippen molar-refractivity contribution >= 4 is 23.6 Å². The molecule has 1 heterocycles. The topological polar surface area (TPSA) is 113 Å². The quantitative estimate of drug-likeness (QED) is 0.556. The summed E-state index contributed by atoms with van der Waals surface area (Å²) in [7, 11) is 0. The smallest absolute Gasteiger partial charge is 0.213 e. The van der Waals surface area contributed by atoms with Gasteiger partial charge in [0, 0.05) is 35.4 Å². The third-order valence-electron chi connectivity index (χ3n) is 5.11. The second kappa shape index (κ2) is 5.91. The molecule has 0 amide bonds. The summed E-state index contributed by atoms with van der Waals surface area (Å²) in [5, 5.41) is 10.5. The molecule has 0 bridgehead atoms. The first-order chi connectivity index (χ1) is 12.5. The molecule has 0 fully saturated rings. The number of nitrogens with two attached hydrogens (primary N) is 1. The Labute approximate surface area is 150 Å². The van der Waals surface area contributed by atoms with Crippen LogP contribution in [0.2, 0.25) is 0 Å². The van der Waals surface area contributed by atoms with Crippen molar-refractivity contribution in [2.45, 2.75) is 25.2 Å². The molecule has 1 aliphatic heterocycles. The zero-order chi connectivity index (χ0) is 18.4. The van der Waals surface area contributed by atoms with E-state index in [1.54, 1.807) is 0 Å². The molecule has 1 aromatic carbocycles. The maximum atomic E-state index is 13.0. The van der Waals surface area contributed by atoms with Crippen LogP contribution in [0.15, 0.2) is 64.1 Å². The highest BCUT2D eigenvalue weighted by molar-refractivity contribution is 6.32. The van der Waals surface area contributed by atoms with E-state index in [-0.39, 0.29) is 28.3 Å². The second-order valence-corrected chi connectivity index (χ2v) is 6.56. The number of hydrogen-bond donors (Lipinski definition) is 3. The lowest BCUT2D eigenvalue weighted by Gasteiger charge is -2.36. The van der Waals surface area contributed by atoms with Crippen molar-refractivity contribution in [1.82, 2.24) is 5.32 Å². The monoisotopic (exact) mass is 347 g/mol. The van der Waals surface area contributed by atoms with E-state index < -0.39 is 17.5 Å². The van der Waals surface area contributed by atoms with Crippen LogP contribution in [0.25, 0.3) is 0 Å². The predicted octanol–water partition coefficient (Wildman–Crippen LogP) is 1.65. The highest BCUT2D eigenvalue weighted by Crippen LogP contribution is 2.44. The van der Waals surface area contributed by atoms with Crippen LogP contribution in [0.5, 0.6) is 0 Å². The summed E-state index contributed by atoms with van der Waals surface area (Å²) < 4.78 is 0. The van der Waals surface area contributed by atoms with Crippen LogP contribution in [0.3, 0.4) is 0 Å². The van der Waals surface area contributed by atoms with Gasteiger partial charge in [-0.05, 0) is 18.4 Å². The molecule has 0 saturated heterocycles. The maximum Gasteiger partial charge on any atom is 0.213 e. The Morgan fingerprint density at radius 1 is 1.04 bits per heavy atom. The summed E-state index contributed by atoms with van der Waals surface area (Å²) >= 11 is 0. The van der Waals surface area contributed by atoms with Gasteiger partial charge in [0.2, 0.25) is 11.6 Å². The van der Waals surface area contributed by atoms with Gasteiger partial charge in [-0.15, -0.1) is 0 Å². The minimum absolute atomic E-state index is 0.0141. The van der Waals surface area contributed by atoms with E-state index in [9.17, 15) is 14.4 Å². The lowest BCUT2D eigenvalue weighted by molar-refractivity contribution is -0.118. The highest BCUT2D eigenvalue weighted by Gasteiger charge is 2.44. The standard InChI is InChI=1S/C20H17N3O3/c21-9-11-17(22)20(26)16-14(10-5-2-1-3-6-10)15-12(7-4-8-13(15)24)23-18(16)19(11)25/h1-3,5-6,9,14,21,23H,4,7-8,22H2. The van der Waals surface area contributed by atoms with Crippen LogP contribution in [0.4, 0.5) is 0 Å². The van der Waals surface area contributed by atoms with Crippen molar-refractivity contribution in [2.24, 2.45) is 5.73 Å². The minimum Gasteiger partial charge on any atom is -0.395 e. The third-order valence-corrected chi connectivity index (χ3v) is 5.11. The van der Waals surface area contributed by atoms with E-state index in [4.69, 9.17) is 11.1 Å². The lowest BCUT2D eigenvalue weighted by atomic mass is 9.71. The number of carbonyl (C=O) groups excluding carboxylic acids is 3. The number of carbonyl (C=O) groups is 3. The van der Waals surface area contributed by atoms with Crippen LogP contribution >= 0.6 is 0 Å². The molecule has 2 aliphatic carbocycles. The van der Waals surface area contributed by atoms with Gasteiger partial charge in [-0.25, -0.2) is 0 Å². The first-order valence-corrected chi connectivity index (χ1v) is 8.46. The molecule has 1 atom stereocenters. The Balaban J connectivity index is 1.97. The minimum atomic E-state index is -0.613. The average Bonchev–Trinajstić information content (AvgIpc) is 2.66. The van der Waals surface area contributed by atoms with Gasteiger partial charge in [-0.1, -0.05) is 30.3 Å². The first kappa shape index (κ1) is 16.2. The summed E-state index contributed by atoms with van der Waals surface area (Å²) in [6.45, 7) is 0. The molecule has 1 unspecified atom stereocenters. The van der Waals surface area contributed by atoms with Gasteiger partial charge in [0.25, 0.3) is 0 Å². The van der Waals surface area contributed by atoms with Crippen molar-refractivity contribution in [3.05, 3.63) is 69.7 Å². The van der Waals surface area contributed by atoms with Crippen molar-refractivity contribution in [2.75, 3.05) is 0 Å². The van der Waals surface area contributed by atoms with Crippen LogP contribution in [-0.4, -0.2) is 23.6 Å². The van der Waals surface area contributed by atoms with Crippen LogP contribution < -0.4 is 11.1 Å². The molecule has 6 nitrogen and oxygen atoms in total. The van der Waals surface area contributed by atoms with E-state index in [1.165, 1.54) is 0 Å². The summed E-state index contributed by atoms with van der Waals surface area (Å²) in [6, 6.07) is 9.21. The van der Waals surface area contributed by atoms with Gasteiger partial charge in [0.05, 0.1) is 17.0 Å². The molecule has 0 aromatic heterocycles. The van der Waals surface area contributed by atoms with Gasteiger partial charge >= 0.3 is 0 Å². The van der Waals surface area contributed by atoms with E-state index in [0.29, 0.717) is 30.5 Å². The van der Waals surface area contributed by atoms with Crippen LogP contribution in [0.1, 0.15) is 30.7 Å². The van der Waals surface area contributed by atoms with Gasteiger partial charge in [-0.2, -0.15) is 0 Å². The van der Waals surface area contributed by atoms with Gasteiger partial charge in [0.15, 0.2) is 5.78 Å². The Morgan fingerprint density at radius 2 is 1.77 bits per heavy atom. The number of ketones is 3. The number of Topliss-reactive ketones (excluding diaryl/α,β-unsaturated/α-hetero) is 3. The molecule has 130 valence electrons. The predicted molar refractivity (Wildman–Crippen MR) is 95.2 cm³/mol. The number of nitrogens with one attached hydrogen (secondary N) is 2. The molecular weight excluding hydrogens is 330 g/mol. The zero-order valence-corrected chi connectivity index (χ0v) is 14.0. The molecule has 6 heteroatoms. The lowest BCUT2D eigenvalue weighted by Crippen LogP contribution is -2.42. The van der Waals surface area contributed by atoms with Gasteiger partial charge < -0.3 is 16.5 Å². The molecular formula is C20H17N3O3.